The molecule has 1 fully saturated rings. The van der Waals surface area contributed by atoms with E-state index in [2.05, 4.69) is 0 Å². The van der Waals surface area contributed by atoms with Crippen molar-refractivity contribution in [2.24, 2.45) is 5.41 Å². The zero-order chi connectivity index (χ0) is 16.3. The zero-order valence-corrected chi connectivity index (χ0v) is 12.8. The number of carbonyl (C=O) groups is 2. The van der Waals surface area contributed by atoms with Gasteiger partial charge in [-0.2, -0.15) is 0 Å². The van der Waals surface area contributed by atoms with Crippen molar-refractivity contribution in [2.75, 3.05) is 26.8 Å². The van der Waals surface area contributed by atoms with E-state index in [1.54, 1.807) is 13.0 Å². The van der Waals surface area contributed by atoms with Gasteiger partial charge in [-0.05, 0) is 31.9 Å². The van der Waals surface area contributed by atoms with Crippen molar-refractivity contribution in [1.82, 2.24) is 4.90 Å². The van der Waals surface area contributed by atoms with E-state index in [-0.39, 0.29) is 18.7 Å². The lowest BCUT2D eigenvalue weighted by Gasteiger charge is -2.39. The highest BCUT2D eigenvalue weighted by Gasteiger charge is 2.44. The van der Waals surface area contributed by atoms with Crippen LogP contribution in [0, 0.1) is 18.2 Å². The van der Waals surface area contributed by atoms with E-state index in [1.807, 2.05) is 0 Å². The summed E-state index contributed by atoms with van der Waals surface area (Å²) in [6.45, 7) is 2.26. The van der Waals surface area contributed by atoms with Crippen LogP contribution in [0.4, 0.5) is 4.39 Å². The number of aryl methyl sites for hydroxylation is 1. The number of likely N-dealkylation sites (tertiary alicyclic amines) is 1. The third kappa shape index (κ3) is 3.11. The molecule has 1 aromatic carbocycles. The number of hydrogen-bond acceptors (Lipinski definition) is 3. The van der Waals surface area contributed by atoms with Crippen LogP contribution in [0.15, 0.2) is 18.2 Å². The molecule has 1 atom stereocenters. The zero-order valence-electron chi connectivity index (χ0n) is 12.8. The number of benzene rings is 1. The molecule has 1 aromatic rings. The number of amides is 1. The Morgan fingerprint density at radius 3 is 2.82 bits per heavy atom. The number of nitrogens with zero attached hydrogens (tertiary/aromatic N) is 1. The summed E-state index contributed by atoms with van der Waals surface area (Å²) >= 11 is 0. The van der Waals surface area contributed by atoms with E-state index in [4.69, 9.17) is 4.74 Å². The van der Waals surface area contributed by atoms with Crippen LogP contribution in [0.3, 0.4) is 0 Å². The van der Waals surface area contributed by atoms with Crippen LogP contribution in [0.2, 0.25) is 0 Å². The first kappa shape index (κ1) is 16.4. The Hall–Kier alpha value is -1.95. The van der Waals surface area contributed by atoms with Crippen molar-refractivity contribution in [3.63, 3.8) is 0 Å². The van der Waals surface area contributed by atoms with E-state index in [9.17, 15) is 19.1 Å². The second-order valence-electron chi connectivity index (χ2n) is 5.83. The van der Waals surface area contributed by atoms with Gasteiger partial charge in [0.1, 0.15) is 11.2 Å². The van der Waals surface area contributed by atoms with Crippen molar-refractivity contribution >= 4 is 11.9 Å². The molecular formula is C16H20FNO4. The molecular weight excluding hydrogens is 289 g/mol. The van der Waals surface area contributed by atoms with Gasteiger partial charge in [0, 0.05) is 20.2 Å². The number of halogens is 1. The van der Waals surface area contributed by atoms with E-state index in [0.29, 0.717) is 19.4 Å². The van der Waals surface area contributed by atoms with Crippen LogP contribution in [0.5, 0.6) is 0 Å². The molecule has 120 valence electrons. The molecule has 22 heavy (non-hydrogen) atoms. The first-order valence-electron chi connectivity index (χ1n) is 7.17. The monoisotopic (exact) mass is 309 g/mol. The van der Waals surface area contributed by atoms with E-state index in [1.165, 1.54) is 24.1 Å². The summed E-state index contributed by atoms with van der Waals surface area (Å²) < 4.78 is 18.9. The molecule has 0 aromatic heterocycles. The van der Waals surface area contributed by atoms with Gasteiger partial charge in [-0.25, -0.2) is 4.39 Å². The summed E-state index contributed by atoms with van der Waals surface area (Å²) in [5.74, 6) is -2.05. The van der Waals surface area contributed by atoms with Gasteiger partial charge < -0.3 is 14.7 Å². The highest BCUT2D eigenvalue weighted by Crippen LogP contribution is 2.31. The molecule has 6 heteroatoms. The minimum absolute atomic E-state index is 0.0152. The lowest BCUT2D eigenvalue weighted by atomic mass is 9.80. The van der Waals surface area contributed by atoms with Crippen LogP contribution >= 0.6 is 0 Å². The Bertz CT molecular complexity index is 586. The summed E-state index contributed by atoms with van der Waals surface area (Å²) in [7, 11) is 1.44. The molecule has 1 unspecified atom stereocenters. The number of methoxy groups -OCH3 is 1. The van der Waals surface area contributed by atoms with Gasteiger partial charge >= 0.3 is 5.97 Å². The molecule has 0 spiro atoms. The summed E-state index contributed by atoms with van der Waals surface area (Å²) in [6, 6.07) is 4.34. The number of ether oxygens (including phenoxy) is 1. The maximum absolute atomic E-state index is 13.9. The molecule has 1 aliphatic heterocycles. The van der Waals surface area contributed by atoms with Gasteiger partial charge in [-0.1, -0.05) is 11.6 Å². The van der Waals surface area contributed by atoms with Gasteiger partial charge in [0.05, 0.1) is 12.2 Å². The Labute approximate surface area is 128 Å². The van der Waals surface area contributed by atoms with Gasteiger partial charge in [0.2, 0.25) is 0 Å². The summed E-state index contributed by atoms with van der Waals surface area (Å²) in [5.41, 5.74) is -0.357. The Balaban J connectivity index is 2.26. The third-order valence-corrected chi connectivity index (χ3v) is 4.09. The number of carboxylic acids is 1. The van der Waals surface area contributed by atoms with Gasteiger partial charge in [-0.3, -0.25) is 9.59 Å². The number of carbonyl (C=O) groups excluding carboxylic acids is 1. The number of carboxylic acid groups (broad SMARTS) is 1. The number of rotatable bonds is 4. The average molecular weight is 309 g/mol. The van der Waals surface area contributed by atoms with Gasteiger partial charge in [0.25, 0.3) is 5.91 Å². The second kappa shape index (κ2) is 6.44. The first-order chi connectivity index (χ1) is 10.4. The lowest BCUT2D eigenvalue weighted by Crippen LogP contribution is -2.52. The van der Waals surface area contributed by atoms with Crippen LogP contribution < -0.4 is 0 Å². The van der Waals surface area contributed by atoms with E-state index >= 15 is 0 Å². The average Bonchev–Trinajstić information content (AvgIpc) is 2.49. The Morgan fingerprint density at radius 1 is 1.45 bits per heavy atom. The van der Waals surface area contributed by atoms with Gasteiger partial charge in [-0.15, -0.1) is 0 Å². The number of piperidine rings is 1. The molecule has 1 amide bonds. The van der Waals surface area contributed by atoms with Crippen LogP contribution in [-0.4, -0.2) is 48.7 Å². The molecule has 1 aliphatic rings. The highest BCUT2D eigenvalue weighted by atomic mass is 19.1. The molecule has 2 rings (SSSR count). The van der Waals surface area contributed by atoms with Crippen LogP contribution in [-0.2, 0) is 9.53 Å². The van der Waals surface area contributed by atoms with E-state index < -0.39 is 23.1 Å². The van der Waals surface area contributed by atoms with Crippen molar-refractivity contribution in [3.8, 4) is 0 Å². The molecule has 0 aliphatic carbocycles. The topological polar surface area (TPSA) is 66.8 Å². The SMILES string of the molecule is COCC1(C(=O)O)CCCN(C(=O)c2cc(C)ccc2F)C1. The standard InChI is InChI=1S/C16H20FNO4/c1-11-4-5-13(17)12(8-11)14(19)18-7-3-6-16(9-18,10-22-2)15(20)21/h4-5,8H,3,6-7,9-10H2,1-2H3,(H,20,21). The second-order valence-corrected chi connectivity index (χ2v) is 5.83. The maximum atomic E-state index is 13.9. The largest absolute Gasteiger partial charge is 0.481 e. The van der Waals surface area contributed by atoms with E-state index in [0.717, 1.165) is 5.56 Å². The molecule has 1 N–H and O–H groups in total. The fourth-order valence-electron chi connectivity index (χ4n) is 2.91. The van der Waals surface area contributed by atoms with Crippen molar-refractivity contribution in [3.05, 3.63) is 35.1 Å². The first-order valence-corrected chi connectivity index (χ1v) is 7.17. The Morgan fingerprint density at radius 2 is 2.18 bits per heavy atom. The lowest BCUT2D eigenvalue weighted by molar-refractivity contribution is -0.155. The minimum Gasteiger partial charge on any atom is -0.481 e. The van der Waals surface area contributed by atoms with Crippen LogP contribution in [0.25, 0.3) is 0 Å². The summed E-state index contributed by atoms with van der Waals surface area (Å²) in [5, 5.41) is 9.50. The quantitative estimate of drug-likeness (QED) is 0.925. The third-order valence-electron chi connectivity index (χ3n) is 4.09. The molecule has 0 bridgehead atoms. The normalized spacial score (nSPS) is 21.7. The smallest absolute Gasteiger partial charge is 0.313 e. The number of hydrogen-bond donors (Lipinski definition) is 1. The van der Waals surface area contributed by atoms with Crippen molar-refractivity contribution in [2.45, 2.75) is 19.8 Å². The molecule has 5 nitrogen and oxygen atoms in total. The predicted molar refractivity (Wildman–Crippen MR) is 78.2 cm³/mol. The fourth-order valence-corrected chi connectivity index (χ4v) is 2.91. The van der Waals surface area contributed by atoms with Crippen molar-refractivity contribution < 1.29 is 23.8 Å². The molecule has 0 radical (unpaired) electrons. The van der Waals surface area contributed by atoms with Gasteiger partial charge in [0.15, 0.2) is 0 Å². The Kier molecular flexibility index (Phi) is 4.81. The minimum atomic E-state index is -1.12. The highest BCUT2D eigenvalue weighted by molar-refractivity contribution is 5.95. The molecule has 1 saturated heterocycles. The number of aliphatic carboxylic acids is 1. The van der Waals surface area contributed by atoms with Crippen molar-refractivity contribution in [1.29, 1.82) is 0 Å². The summed E-state index contributed by atoms with van der Waals surface area (Å²) in [6.07, 6.45) is 0.991. The maximum Gasteiger partial charge on any atom is 0.313 e. The summed E-state index contributed by atoms with van der Waals surface area (Å²) in [4.78, 5) is 25.6. The molecule has 0 saturated carbocycles. The predicted octanol–water partition coefficient (Wildman–Crippen LogP) is 2.09. The van der Waals surface area contributed by atoms with Crippen LogP contribution in [0.1, 0.15) is 28.8 Å². The fraction of sp³-hybridized carbons (Fsp3) is 0.500. The molecule has 1 heterocycles.